The fraction of sp³-hybridized carbons (Fsp3) is 0.200. The first-order chi connectivity index (χ1) is 12.8. The van der Waals surface area contributed by atoms with Crippen molar-refractivity contribution in [1.82, 2.24) is 0 Å². The molecule has 0 aromatic heterocycles. The normalized spacial score (nSPS) is 14.5. The molecule has 0 fully saturated rings. The highest BCUT2D eigenvalue weighted by Crippen LogP contribution is 2.34. The highest BCUT2D eigenvalue weighted by atomic mass is 35.5. The van der Waals surface area contributed by atoms with Gasteiger partial charge in [-0.15, -0.1) is 0 Å². The number of hydrogen-bond donors (Lipinski definition) is 1. The number of anilines is 1. The van der Waals surface area contributed by atoms with E-state index in [1.807, 2.05) is 13.8 Å². The maximum atomic E-state index is 13.4. The molecule has 1 aliphatic heterocycles. The molecule has 1 heterocycles. The Morgan fingerprint density at radius 2 is 1.78 bits per heavy atom. The minimum Gasteiger partial charge on any atom is -0.502 e. The fourth-order valence-corrected chi connectivity index (χ4v) is 2.79. The topological polar surface area (TPSA) is 66.8 Å². The molecule has 5 nitrogen and oxygen atoms in total. The van der Waals surface area contributed by atoms with E-state index in [2.05, 4.69) is 0 Å². The summed E-state index contributed by atoms with van der Waals surface area (Å²) < 4.78 is 18.9. The molecule has 3 rings (SSSR count). The van der Waals surface area contributed by atoms with Crippen LogP contribution in [0.4, 0.5) is 10.1 Å². The van der Waals surface area contributed by atoms with E-state index in [4.69, 9.17) is 16.3 Å². The van der Waals surface area contributed by atoms with Gasteiger partial charge in [0.1, 0.15) is 11.6 Å². The number of ether oxygens (including phenoxy) is 1. The van der Waals surface area contributed by atoms with Crippen molar-refractivity contribution >= 4 is 34.7 Å². The summed E-state index contributed by atoms with van der Waals surface area (Å²) >= 11 is 5.73. The Balaban J connectivity index is 1.89. The minimum absolute atomic E-state index is 0.0786. The Morgan fingerprint density at radius 3 is 2.37 bits per heavy atom. The monoisotopic (exact) mass is 389 g/mol. The van der Waals surface area contributed by atoms with Gasteiger partial charge in [-0.05, 0) is 41.8 Å². The first-order valence-corrected chi connectivity index (χ1v) is 8.67. The summed E-state index contributed by atoms with van der Waals surface area (Å²) in [5.41, 5.74) is 0.323. The third-order valence-corrected chi connectivity index (χ3v) is 4.24. The van der Waals surface area contributed by atoms with E-state index in [0.717, 1.165) is 17.0 Å². The summed E-state index contributed by atoms with van der Waals surface area (Å²) in [4.78, 5) is 25.9. The molecule has 27 heavy (non-hydrogen) atoms. The van der Waals surface area contributed by atoms with Gasteiger partial charge in [0, 0.05) is 0 Å². The molecule has 1 aliphatic rings. The largest absolute Gasteiger partial charge is 0.502 e. The third-order valence-electron chi connectivity index (χ3n) is 3.95. The average Bonchev–Trinajstić information content (AvgIpc) is 2.85. The van der Waals surface area contributed by atoms with Crippen LogP contribution < -0.4 is 9.64 Å². The minimum atomic E-state index is -0.891. The van der Waals surface area contributed by atoms with Gasteiger partial charge in [-0.1, -0.05) is 37.6 Å². The molecule has 0 bridgehead atoms. The number of hydrogen-bond acceptors (Lipinski definition) is 4. The van der Waals surface area contributed by atoms with Crippen molar-refractivity contribution < 1.29 is 23.8 Å². The lowest BCUT2D eigenvalue weighted by molar-refractivity contribution is -0.121. The predicted molar refractivity (Wildman–Crippen MR) is 100 cm³/mol. The van der Waals surface area contributed by atoms with Gasteiger partial charge >= 0.3 is 5.91 Å². The molecule has 2 amide bonds. The van der Waals surface area contributed by atoms with Gasteiger partial charge in [0.25, 0.3) is 5.91 Å². The molecule has 0 spiro atoms. The smallest absolute Gasteiger partial charge is 0.301 e. The zero-order valence-corrected chi connectivity index (χ0v) is 15.5. The van der Waals surface area contributed by atoms with E-state index in [1.54, 1.807) is 24.3 Å². The Labute approximate surface area is 160 Å². The molecule has 0 radical (unpaired) electrons. The van der Waals surface area contributed by atoms with Gasteiger partial charge in [-0.25, -0.2) is 9.29 Å². The van der Waals surface area contributed by atoms with Crippen LogP contribution in [0.2, 0.25) is 5.02 Å². The molecule has 7 heteroatoms. The number of carbonyl (C=O) groups is 2. The van der Waals surface area contributed by atoms with Crippen LogP contribution in [-0.2, 0) is 9.59 Å². The summed E-state index contributed by atoms with van der Waals surface area (Å²) in [5.74, 6) is -1.97. The molecular formula is C20H17ClFNO4. The van der Waals surface area contributed by atoms with Crippen LogP contribution in [0.1, 0.15) is 19.4 Å². The second kappa shape index (κ2) is 7.40. The van der Waals surface area contributed by atoms with E-state index in [1.165, 1.54) is 6.07 Å². The highest BCUT2D eigenvalue weighted by molar-refractivity contribution is 6.45. The first kappa shape index (κ1) is 18.9. The summed E-state index contributed by atoms with van der Waals surface area (Å²) in [6.45, 7) is 4.59. The molecule has 2 aromatic carbocycles. The molecule has 140 valence electrons. The number of benzene rings is 2. The second-order valence-corrected chi connectivity index (χ2v) is 6.90. The molecule has 0 aliphatic carbocycles. The number of halogens is 2. The van der Waals surface area contributed by atoms with E-state index in [-0.39, 0.29) is 16.3 Å². The van der Waals surface area contributed by atoms with Crippen molar-refractivity contribution in [2.45, 2.75) is 13.8 Å². The van der Waals surface area contributed by atoms with Crippen LogP contribution in [0.15, 0.2) is 48.2 Å². The van der Waals surface area contributed by atoms with E-state index < -0.39 is 23.4 Å². The van der Waals surface area contributed by atoms with Gasteiger partial charge in [-0.2, -0.15) is 0 Å². The van der Waals surface area contributed by atoms with E-state index >= 15 is 0 Å². The molecule has 0 unspecified atom stereocenters. The number of amides is 2. The van der Waals surface area contributed by atoms with Crippen LogP contribution in [0, 0.1) is 11.7 Å². The fourth-order valence-electron chi connectivity index (χ4n) is 2.62. The average molecular weight is 390 g/mol. The number of aliphatic hydroxyl groups is 1. The Morgan fingerprint density at radius 1 is 1.11 bits per heavy atom. The summed E-state index contributed by atoms with van der Waals surface area (Å²) in [7, 11) is 0. The first-order valence-electron chi connectivity index (χ1n) is 8.30. The Bertz CT molecular complexity index is 937. The number of rotatable bonds is 5. The molecule has 0 atom stereocenters. The maximum Gasteiger partial charge on any atom is 0.301 e. The Hall–Kier alpha value is -2.86. The number of carbonyl (C=O) groups excluding carboxylic acids is 2. The lowest BCUT2D eigenvalue weighted by atomic mass is 10.1. The number of imide groups is 1. The van der Waals surface area contributed by atoms with Crippen molar-refractivity contribution in [3.05, 3.63) is 64.6 Å². The molecular weight excluding hydrogens is 373 g/mol. The lowest BCUT2D eigenvalue weighted by Gasteiger charge is -2.15. The molecule has 1 N–H and O–H groups in total. The van der Waals surface area contributed by atoms with Crippen LogP contribution in [0.3, 0.4) is 0 Å². The quantitative estimate of drug-likeness (QED) is 0.772. The molecule has 0 saturated heterocycles. The summed E-state index contributed by atoms with van der Waals surface area (Å²) in [6, 6.07) is 9.96. The summed E-state index contributed by atoms with van der Waals surface area (Å²) in [6.07, 6.45) is 0. The van der Waals surface area contributed by atoms with E-state index in [9.17, 15) is 19.1 Å². The van der Waals surface area contributed by atoms with Gasteiger partial charge < -0.3 is 9.84 Å². The SMILES string of the molecule is CC(C)COc1ccc(C2=C(O)C(=O)N(c3ccc(F)c(Cl)c3)C2=O)cc1. The number of nitrogens with zero attached hydrogens (tertiary/aromatic N) is 1. The van der Waals surface area contributed by atoms with Gasteiger partial charge in [0.15, 0.2) is 5.76 Å². The van der Waals surface area contributed by atoms with Crippen molar-refractivity contribution in [3.8, 4) is 5.75 Å². The van der Waals surface area contributed by atoms with Crippen molar-refractivity contribution in [2.24, 2.45) is 5.92 Å². The van der Waals surface area contributed by atoms with Crippen LogP contribution in [-0.4, -0.2) is 23.5 Å². The zero-order chi connectivity index (χ0) is 19.7. The molecule has 0 saturated carbocycles. The standard InChI is InChI=1S/C20H17ClFNO4/c1-11(2)10-27-14-6-3-12(4-7-14)17-18(24)20(26)23(19(17)25)13-5-8-16(22)15(21)9-13/h3-9,11,24H,10H2,1-2H3. The van der Waals surface area contributed by atoms with E-state index in [0.29, 0.717) is 23.8 Å². The van der Waals surface area contributed by atoms with Crippen LogP contribution >= 0.6 is 11.6 Å². The number of aliphatic hydroxyl groups excluding tert-OH is 1. The predicted octanol–water partition coefficient (Wildman–Crippen LogP) is 4.36. The van der Waals surface area contributed by atoms with Gasteiger partial charge in [0.2, 0.25) is 0 Å². The van der Waals surface area contributed by atoms with Crippen LogP contribution in [0.25, 0.3) is 5.57 Å². The van der Waals surface area contributed by atoms with Gasteiger partial charge in [-0.3, -0.25) is 9.59 Å². The zero-order valence-electron chi connectivity index (χ0n) is 14.7. The lowest BCUT2D eigenvalue weighted by Crippen LogP contribution is -2.31. The van der Waals surface area contributed by atoms with Crippen molar-refractivity contribution in [3.63, 3.8) is 0 Å². The second-order valence-electron chi connectivity index (χ2n) is 6.50. The molecule has 2 aromatic rings. The van der Waals surface area contributed by atoms with Crippen molar-refractivity contribution in [2.75, 3.05) is 11.5 Å². The maximum absolute atomic E-state index is 13.4. The van der Waals surface area contributed by atoms with Crippen LogP contribution in [0.5, 0.6) is 5.75 Å². The third kappa shape index (κ3) is 3.66. The van der Waals surface area contributed by atoms with Gasteiger partial charge in [0.05, 0.1) is 22.9 Å². The summed E-state index contributed by atoms with van der Waals surface area (Å²) in [5, 5.41) is 9.98. The Kier molecular flexibility index (Phi) is 5.19. The highest BCUT2D eigenvalue weighted by Gasteiger charge is 2.40. The van der Waals surface area contributed by atoms with Crippen molar-refractivity contribution in [1.29, 1.82) is 0 Å².